The summed E-state index contributed by atoms with van der Waals surface area (Å²) in [6, 6.07) is 0. The van der Waals surface area contributed by atoms with Gasteiger partial charge >= 0.3 is 17.9 Å². The lowest BCUT2D eigenvalue weighted by Gasteiger charge is -2.18. The Labute approximate surface area is 400 Å². The molecule has 6 heteroatoms. The topological polar surface area (TPSA) is 78.9 Å². The van der Waals surface area contributed by atoms with Crippen molar-refractivity contribution in [1.82, 2.24) is 0 Å². The van der Waals surface area contributed by atoms with Crippen molar-refractivity contribution in [3.63, 3.8) is 0 Å². The van der Waals surface area contributed by atoms with E-state index in [2.05, 4.69) is 112 Å². The van der Waals surface area contributed by atoms with Crippen LogP contribution in [0.3, 0.4) is 0 Å². The minimum Gasteiger partial charge on any atom is -0.462 e. The van der Waals surface area contributed by atoms with Crippen LogP contribution in [0.25, 0.3) is 0 Å². The van der Waals surface area contributed by atoms with Crippen molar-refractivity contribution in [2.45, 2.75) is 245 Å². The summed E-state index contributed by atoms with van der Waals surface area (Å²) in [4.78, 5) is 38.0. The summed E-state index contributed by atoms with van der Waals surface area (Å²) in [5.74, 6) is -1.00. The molecule has 0 saturated heterocycles. The Morgan fingerprint density at radius 2 is 0.708 bits per heavy atom. The Kier molecular flexibility index (Phi) is 50.0. The number of carbonyl (C=O) groups excluding carboxylic acids is 3. The predicted molar refractivity (Wildman–Crippen MR) is 279 cm³/mol. The van der Waals surface area contributed by atoms with Gasteiger partial charge in [-0.3, -0.25) is 14.4 Å². The van der Waals surface area contributed by atoms with E-state index in [0.717, 1.165) is 83.5 Å². The van der Waals surface area contributed by atoms with E-state index in [1.54, 1.807) is 0 Å². The van der Waals surface area contributed by atoms with Crippen LogP contribution in [-0.2, 0) is 28.6 Å². The van der Waals surface area contributed by atoms with Crippen molar-refractivity contribution in [3.8, 4) is 0 Å². The summed E-state index contributed by atoms with van der Waals surface area (Å²) in [5.41, 5.74) is 0. The van der Waals surface area contributed by atoms with Crippen LogP contribution in [0, 0.1) is 0 Å². The van der Waals surface area contributed by atoms with Gasteiger partial charge in [0.1, 0.15) is 13.2 Å². The lowest BCUT2D eigenvalue weighted by molar-refractivity contribution is -0.166. The van der Waals surface area contributed by atoms with Crippen LogP contribution < -0.4 is 0 Å². The lowest BCUT2D eigenvalue weighted by Crippen LogP contribution is -2.30. The molecule has 1 unspecified atom stereocenters. The Morgan fingerprint density at radius 3 is 1.17 bits per heavy atom. The van der Waals surface area contributed by atoms with Crippen LogP contribution in [-0.4, -0.2) is 37.2 Å². The molecule has 0 aromatic heterocycles. The highest BCUT2D eigenvalue weighted by molar-refractivity contribution is 5.71. The van der Waals surface area contributed by atoms with Gasteiger partial charge in [-0.05, 0) is 70.6 Å². The highest BCUT2D eigenvalue weighted by atomic mass is 16.6. The molecule has 0 spiro atoms. The smallest absolute Gasteiger partial charge is 0.306 e. The number of carbonyl (C=O) groups is 3. The molecule has 0 aliphatic heterocycles. The van der Waals surface area contributed by atoms with Crippen LogP contribution in [0.5, 0.6) is 0 Å². The maximum absolute atomic E-state index is 12.8. The third-order valence-electron chi connectivity index (χ3n) is 11.2. The molecular weight excluding hydrogens is 805 g/mol. The molecule has 65 heavy (non-hydrogen) atoms. The van der Waals surface area contributed by atoms with Crippen molar-refractivity contribution in [3.05, 3.63) is 97.2 Å². The van der Waals surface area contributed by atoms with E-state index in [9.17, 15) is 14.4 Å². The number of allylic oxidation sites excluding steroid dienone is 16. The molecule has 0 aliphatic rings. The molecule has 0 N–H and O–H groups in total. The second-order valence-corrected chi connectivity index (χ2v) is 17.4. The average Bonchev–Trinajstić information content (AvgIpc) is 3.30. The molecule has 0 saturated carbocycles. The molecule has 1 atom stereocenters. The lowest BCUT2D eigenvalue weighted by atomic mass is 10.0. The maximum Gasteiger partial charge on any atom is 0.306 e. The third kappa shape index (κ3) is 51.2. The molecule has 0 aromatic carbocycles. The van der Waals surface area contributed by atoms with Gasteiger partial charge in [0.15, 0.2) is 6.10 Å². The standard InChI is InChI=1S/C59H98O6/c1-4-7-10-13-16-19-22-25-28-31-34-37-40-43-46-49-52-58(61)64-55-56(54-63-57(60)51-48-45-42-39-36-33-30-27-24-21-18-15-12-9-6-3)65-59(62)53-50-47-44-41-38-35-32-29-26-23-20-17-14-11-8-5-2/h7,9-10,12,15-16,18-19,21,24-25,28,34,37,43,46,56H,4-6,8,11,13-14,17,20,22-23,26-27,29-33,35-36,38-42,44-45,47-55H2,1-3H3/b10-7-,12-9-,18-15-,19-16-,24-21-,28-25-,37-34-,46-43-. The van der Waals surface area contributed by atoms with E-state index >= 15 is 0 Å². The Morgan fingerprint density at radius 1 is 0.338 bits per heavy atom. The maximum atomic E-state index is 12.8. The van der Waals surface area contributed by atoms with Crippen molar-refractivity contribution < 1.29 is 28.6 Å². The zero-order valence-electron chi connectivity index (χ0n) is 42.2. The second kappa shape index (κ2) is 52.9. The van der Waals surface area contributed by atoms with Gasteiger partial charge in [0.05, 0.1) is 0 Å². The minimum absolute atomic E-state index is 0.106. The molecule has 0 aliphatic carbocycles. The van der Waals surface area contributed by atoms with Gasteiger partial charge in [0, 0.05) is 19.3 Å². The van der Waals surface area contributed by atoms with Crippen LogP contribution in [0.1, 0.15) is 239 Å². The molecule has 0 fully saturated rings. The molecule has 0 radical (unpaired) electrons. The van der Waals surface area contributed by atoms with Crippen molar-refractivity contribution in [2.75, 3.05) is 13.2 Å². The Hall–Kier alpha value is -3.67. The fourth-order valence-corrected chi connectivity index (χ4v) is 7.20. The first-order valence-electron chi connectivity index (χ1n) is 26.8. The zero-order chi connectivity index (χ0) is 47.2. The fraction of sp³-hybridized carbons (Fsp3) is 0.678. The number of rotatable bonds is 47. The van der Waals surface area contributed by atoms with Crippen molar-refractivity contribution in [2.24, 2.45) is 0 Å². The molecule has 6 nitrogen and oxygen atoms in total. The highest BCUT2D eigenvalue weighted by Gasteiger charge is 2.19. The van der Waals surface area contributed by atoms with Crippen molar-refractivity contribution >= 4 is 17.9 Å². The van der Waals surface area contributed by atoms with E-state index in [4.69, 9.17) is 14.2 Å². The Bertz CT molecular complexity index is 1310. The molecule has 0 heterocycles. The summed E-state index contributed by atoms with van der Waals surface area (Å²) in [7, 11) is 0. The van der Waals surface area contributed by atoms with Gasteiger partial charge in [-0.1, -0.05) is 246 Å². The number of esters is 3. The zero-order valence-corrected chi connectivity index (χ0v) is 42.2. The van der Waals surface area contributed by atoms with Gasteiger partial charge in [0.25, 0.3) is 0 Å². The monoisotopic (exact) mass is 903 g/mol. The van der Waals surface area contributed by atoms with Gasteiger partial charge < -0.3 is 14.2 Å². The van der Waals surface area contributed by atoms with Crippen LogP contribution in [0.15, 0.2) is 97.2 Å². The average molecular weight is 903 g/mol. The first-order valence-corrected chi connectivity index (χ1v) is 26.8. The predicted octanol–water partition coefficient (Wildman–Crippen LogP) is 17.8. The molecule has 0 bridgehead atoms. The molecular formula is C59H98O6. The van der Waals surface area contributed by atoms with Gasteiger partial charge in [-0.25, -0.2) is 0 Å². The summed E-state index contributed by atoms with van der Waals surface area (Å²) in [6.07, 6.45) is 69.7. The summed E-state index contributed by atoms with van der Waals surface area (Å²) >= 11 is 0. The largest absolute Gasteiger partial charge is 0.462 e. The van der Waals surface area contributed by atoms with E-state index in [1.165, 1.54) is 109 Å². The number of hydrogen-bond acceptors (Lipinski definition) is 6. The second-order valence-electron chi connectivity index (χ2n) is 17.4. The van der Waals surface area contributed by atoms with Gasteiger partial charge in [-0.2, -0.15) is 0 Å². The number of unbranched alkanes of at least 4 members (excludes halogenated alkanes) is 22. The fourth-order valence-electron chi connectivity index (χ4n) is 7.20. The van der Waals surface area contributed by atoms with E-state index in [1.807, 2.05) is 6.08 Å². The van der Waals surface area contributed by atoms with Crippen molar-refractivity contribution in [1.29, 1.82) is 0 Å². The Balaban J connectivity index is 4.50. The highest BCUT2D eigenvalue weighted by Crippen LogP contribution is 2.15. The normalized spacial score (nSPS) is 12.8. The first-order chi connectivity index (χ1) is 32.0. The summed E-state index contributed by atoms with van der Waals surface area (Å²) in [6.45, 7) is 6.33. The minimum atomic E-state index is -0.811. The van der Waals surface area contributed by atoms with Gasteiger partial charge in [-0.15, -0.1) is 0 Å². The molecule has 370 valence electrons. The summed E-state index contributed by atoms with van der Waals surface area (Å²) in [5, 5.41) is 0. The molecule has 0 aromatic rings. The third-order valence-corrected chi connectivity index (χ3v) is 11.2. The van der Waals surface area contributed by atoms with Gasteiger partial charge in [0.2, 0.25) is 0 Å². The van der Waals surface area contributed by atoms with E-state index < -0.39 is 6.10 Å². The first kappa shape index (κ1) is 61.3. The molecule has 0 amide bonds. The number of hydrogen-bond donors (Lipinski definition) is 0. The van der Waals surface area contributed by atoms with Crippen LogP contribution in [0.4, 0.5) is 0 Å². The van der Waals surface area contributed by atoms with Crippen LogP contribution >= 0.6 is 0 Å². The number of ether oxygens (including phenoxy) is 3. The van der Waals surface area contributed by atoms with E-state index in [0.29, 0.717) is 19.3 Å². The van der Waals surface area contributed by atoms with Crippen LogP contribution in [0.2, 0.25) is 0 Å². The quantitative estimate of drug-likeness (QED) is 0.0199. The molecule has 0 rings (SSSR count). The van der Waals surface area contributed by atoms with E-state index in [-0.39, 0.29) is 37.5 Å². The SMILES string of the molecule is CC\C=C/C=C\C=C/CCCCCCCCCC(=O)OCC(COC(=O)CC/C=C\C/C=C\C/C=C\C/C=C\C/C=C\CC)OC(=O)CCCCCCCCCCCCCCCCCC. The summed E-state index contributed by atoms with van der Waals surface area (Å²) < 4.78 is 16.7.